The predicted octanol–water partition coefficient (Wildman–Crippen LogP) is 6.88. The molecule has 1 unspecified atom stereocenters. The topological polar surface area (TPSA) is 0 Å². The van der Waals surface area contributed by atoms with Crippen LogP contribution in [0.5, 0.6) is 0 Å². The van der Waals surface area contributed by atoms with Gasteiger partial charge in [0.05, 0.1) is 0 Å². The molecular formula is C19H25Cl3SiTi-3. The van der Waals surface area contributed by atoms with Crippen molar-refractivity contribution in [3.05, 3.63) is 72.7 Å². The summed E-state index contributed by atoms with van der Waals surface area (Å²) < 4.78 is 0. The minimum Gasteiger partial charge on any atom is -0.168 e. The fourth-order valence-corrected chi connectivity index (χ4v) is 2.23. The van der Waals surface area contributed by atoms with Crippen molar-refractivity contribution in [2.24, 2.45) is 5.92 Å². The number of allylic oxidation sites excluding steroid dienone is 4. The van der Waals surface area contributed by atoms with Crippen LogP contribution in [0.1, 0.15) is 27.7 Å². The maximum absolute atomic E-state index is 5.04. The first-order valence-electron chi connectivity index (χ1n) is 6.92. The van der Waals surface area contributed by atoms with E-state index in [0.717, 1.165) is 0 Å². The van der Waals surface area contributed by atoms with Crippen LogP contribution in [0.3, 0.4) is 0 Å². The summed E-state index contributed by atoms with van der Waals surface area (Å²) in [5.41, 5.74) is 4.25. The Kier molecular flexibility index (Phi) is 18.5. The van der Waals surface area contributed by atoms with Gasteiger partial charge in [0.25, 0.3) is 0 Å². The van der Waals surface area contributed by atoms with Gasteiger partial charge in [-0.3, -0.25) is 6.08 Å². The molecule has 0 fully saturated rings. The first kappa shape index (κ1) is 28.9. The number of rotatable bonds is 0. The molecule has 0 saturated heterocycles. The molecule has 0 amide bonds. The second-order valence-corrected chi connectivity index (χ2v) is 8.46. The monoisotopic (exact) mass is 434 g/mol. The zero-order valence-electron chi connectivity index (χ0n) is 14.8. The quantitative estimate of drug-likeness (QED) is 0.312. The zero-order chi connectivity index (χ0) is 15.8. The van der Waals surface area contributed by atoms with E-state index in [0.29, 0.717) is 5.92 Å². The molecular weight excluding hydrogens is 411 g/mol. The van der Waals surface area contributed by atoms with Crippen LogP contribution < -0.4 is 0 Å². The number of fused-ring (bicyclic) bond motifs is 1. The average molecular weight is 436 g/mol. The molecule has 0 spiro atoms. The van der Waals surface area contributed by atoms with Gasteiger partial charge in [0.15, 0.2) is 0 Å². The van der Waals surface area contributed by atoms with Crippen LogP contribution in [0.4, 0.5) is 0 Å². The Hall–Kier alpha value is 0.111. The SMILES string of the molecule is CC1=[C-]C(C)C(C)=C1C.Cl.Cl.[CH3-].[Si]=[Ti][Cl].c1ccc2[cH-]ccc2c1. The molecule has 1 aliphatic rings. The normalized spacial score (nSPS) is 14.4. The Labute approximate surface area is 174 Å². The molecule has 24 heavy (non-hydrogen) atoms. The molecule has 2 radical (unpaired) electrons. The summed E-state index contributed by atoms with van der Waals surface area (Å²) in [5, 5.41) is 2.66. The first-order chi connectivity index (χ1) is 10.0. The summed E-state index contributed by atoms with van der Waals surface area (Å²) in [5.74, 6) is 0.560. The van der Waals surface area contributed by atoms with Crippen molar-refractivity contribution in [1.29, 1.82) is 0 Å². The summed E-state index contributed by atoms with van der Waals surface area (Å²) in [6, 6.07) is 14.7. The van der Waals surface area contributed by atoms with Crippen molar-refractivity contribution >= 4 is 52.5 Å². The van der Waals surface area contributed by atoms with E-state index in [1.165, 1.54) is 27.5 Å². The number of benzene rings is 1. The van der Waals surface area contributed by atoms with Crippen molar-refractivity contribution in [3.63, 3.8) is 0 Å². The Balaban J connectivity index is -0.000000286. The molecule has 1 atom stereocenters. The molecule has 0 saturated carbocycles. The Morgan fingerprint density at radius 1 is 1.12 bits per heavy atom. The van der Waals surface area contributed by atoms with Crippen molar-refractivity contribution in [2.75, 3.05) is 0 Å². The second kappa shape index (κ2) is 15.4. The molecule has 1 aliphatic carbocycles. The van der Waals surface area contributed by atoms with Gasteiger partial charge in [0.2, 0.25) is 0 Å². The van der Waals surface area contributed by atoms with Gasteiger partial charge in [-0.1, -0.05) is 32.8 Å². The van der Waals surface area contributed by atoms with E-state index in [1.54, 1.807) is 0 Å². The van der Waals surface area contributed by atoms with Crippen molar-refractivity contribution in [2.45, 2.75) is 27.7 Å². The minimum atomic E-state index is -0.222. The Bertz CT molecular complexity index is 629. The van der Waals surface area contributed by atoms with Gasteiger partial charge in [-0.05, 0) is 0 Å². The standard InChI is InChI=1S/C9H7.C9H13.CH3.3ClH.Si.Ti/c1-2-5-9-7-3-6-8(9)4-1;1-6-5-7(2)9(4)8(6)3;;;;;;/h1-7H;6H,1-4H3;1H3;3*1H;;/q3*-1;;;;;+1/p-1. The zero-order valence-corrected chi connectivity index (χ0v) is 19.8. The number of hydrogen-bond acceptors (Lipinski definition) is 0. The summed E-state index contributed by atoms with van der Waals surface area (Å²) in [7, 11) is 8.11. The average Bonchev–Trinajstić information content (AvgIpc) is 3.02. The van der Waals surface area contributed by atoms with Gasteiger partial charge in [0.1, 0.15) is 0 Å². The van der Waals surface area contributed by atoms with Crippen LogP contribution in [-0.2, 0) is 16.8 Å². The van der Waals surface area contributed by atoms with Gasteiger partial charge in [-0.25, -0.2) is 5.57 Å². The largest absolute Gasteiger partial charge is 0.168 e. The van der Waals surface area contributed by atoms with Crippen LogP contribution in [0.2, 0.25) is 0 Å². The Morgan fingerprint density at radius 3 is 2.04 bits per heavy atom. The summed E-state index contributed by atoms with van der Waals surface area (Å²) in [6.45, 7) is 8.67. The van der Waals surface area contributed by atoms with E-state index in [1.807, 2.05) is 0 Å². The van der Waals surface area contributed by atoms with Gasteiger partial charge in [-0.15, -0.1) is 61.4 Å². The molecule has 0 heterocycles. The molecule has 0 nitrogen and oxygen atoms in total. The van der Waals surface area contributed by atoms with E-state index in [9.17, 15) is 0 Å². The van der Waals surface area contributed by atoms with Crippen molar-refractivity contribution in [1.82, 2.24) is 0 Å². The Morgan fingerprint density at radius 2 is 1.67 bits per heavy atom. The van der Waals surface area contributed by atoms with E-state index in [2.05, 4.69) is 83.9 Å². The van der Waals surface area contributed by atoms with Gasteiger partial charge >= 0.3 is 33.8 Å². The molecule has 2 aromatic rings. The van der Waals surface area contributed by atoms with Crippen LogP contribution in [0.25, 0.3) is 10.8 Å². The predicted molar refractivity (Wildman–Crippen MR) is 112 cm³/mol. The van der Waals surface area contributed by atoms with Gasteiger partial charge in [-0.2, -0.15) is 28.7 Å². The molecule has 2 aromatic carbocycles. The van der Waals surface area contributed by atoms with E-state index in [4.69, 9.17) is 9.30 Å². The molecule has 0 aromatic heterocycles. The third-order valence-electron chi connectivity index (χ3n) is 3.78. The molecule has 133 valence electrons. The fraction of sp³-hybridized carbons (Fsp3) is 0.263. The number of halogens is 3. The summed E-state index contributed by atoms with van der Waals surface area (Å²) in [4.78, 5) is 0. The molecule has 0 aliphatic heterocycles. The maximum atomic E-state index is 5.04. The van der Waals surface area contributed by atoms with E-state index < -0.39 is 0 Å². The number of hydrogen-bond donors (Lipinski definition) is 0. The van der Waals surface area contributed by atoms with Crippen LogP contribution in [-0.4, -0.2) is 7.63 Å². The van der Waals surface area contributed by atoms with E-state index >= 15 is 0 Å². The minimum absolute atomic E-state index is 0. The van der Waals surface area contributed by atoms with Crippen LogP contribution in [0.15, 0.2) is 59.2 Å². The molecule has 5 heteroatoms. The van der Waals surface area contributed by atoms with Crippen molar-refractivity contribution < 1.29 is 16.8 Å². The summed E-state index contributed by atoms with van der Waals surface area (Å²) in [6.07, 6.45) is 3.36. The molecule has 0 N–H and O–H groups in total. The van der Waals surface area contributed by atoms with E-state index in [-0.39, 0.29) is 49.1 Å². The van der Waals surface area contributed by atoms with Crippen LogP contribution in [0, 0.1) is 19.4 Å². The summed E-state index contributed by atoms with van der Waals surface area (Å²) >= 11 is -0.222. The fourth-order valence-electron chi connectivity index (χ4n) is 2.23. The smallest absolute Gasteiger partial charge is 0.0809 e. The van der Waals surface area contributed by atoms with Gasteiger partial charge < -0.3 is 7.43 Å². The van der Waals surface area contributed by atoms with Crippen LogP contribution >= 0.6 is 34.1 Å². The molecule has 3 rings (SSSR count). The second-order valence-electron chi connectivity index (χ2n) is 5.05. The molecule has 0 bridgehead atoms. The van der Waals surface area contributed by atoms with Crippen molar-refractivity contribution in [3.8, 4) is 0 Å². The third kappa shape index (κ3) is 8.99. The maximum Gasteiger partial charge on any atom is -0.0809 e. The third-order valence-corrected chi connectivity index (χ3v) is 3.78. The van der Waals surface area contributed by atoms with Gasteiger partial charge in [0, 0.05) is 0 Å². The first-order valence-corrected chi connectivity index (χ1v) is 11.9.